The average Bonchev–Trinajstić information content (AvgIpc) is 2.94. The van der Waals surface area contributed by atoms with Gasteiger partial charge in [-0.25, -0.2) is 4.39 Å². The number of amides is 1. The standard InChI is InChI=1S/C19H18FNO5/c1-10-16-14(22)3-2-4-15(16)26-17(10)18(23)21-9-13(19(24)25)11-5-7-12(20)8-6-11/h5-8,13H,2-4,9H2,1H3,(H,21,23)(H,24,25). The molecule has 0 saturated heterocycles. The fourth-order valence-corrected chi connectivity index (χ4v) is 3.18. The molecule has 2 aromatic rings. The molecule has 1 unspecified atom stereocenters. The summed E-state index contributed by atoms with van der Waals surface area (Å²) in [6, 6.07) is 5.08. The Morgan fingerprint density at radius 1 is 1.27 bits per heavy atom. The van der Waals surface area contributed by atoms with Gasteiger partial charge in [0.15, 0.2) is 11.5 Å². The van der Waals surface area contributed by atoms with E-state index in [1.54, 1.807) is 6.92 Å². The Balaban J connectivity index is 1.76. The number of hydrogen-bond acceptors (Lipinski definition) is 4. The zero-order valence-corrected chi connectivity index (χ0v) is 14.2. The summed E-state index contributed by atoms with van der Waals surface area (Å²) in [6.07, 6.45) is 1.72. The number of carboxylic acid groups (broad SMARTS) is 1. The number of furan rings is 1. The monoisotopic (exact) mass is 359 g/mol. The fourth-order valence-electron chi connectivity index (χ4n) is 3.18. The van der Waals surface area contributed by atoms with Gasteiger partial charge in [0.2, 0.25) is 0 Å². The van der Waals surface area contributed by atoms with Crippen molar-refractivity contribution >= 4 is 17.7 Å². The number of carbonyl (C=O) groups excluding carboxylic acids is 2. The molecule has 26 heavy (non-hydrogen) atoms. The lowest BCUT2D eigenvalue weighted by Crippen LogP contribution is -2.31. The topological polar surface area (TPSA) is 96.6 Å². The zero-order chi connectivity index (χ0) is 18.8. The number of carboxylic acids is 1. The van der Waals surface area contributed by atoms with E-state index in [0.29, 0.717) is 41.7 Å². The van der Waals surface area contributed by atoms with E-state index >= 15 is 0 Å². The lowest BCUT2D eigenvalue weighted by molar-refractivity contribution is -0.138. The van der Waals surface area contributed by atoms with Crippen molar-refractivity contribution in [3.63, 3.8) is 0 Å². The van der Waals surface area contributed by atoms with Crippen molar-refractivity contribution in [1.29, 1.82) is 0 Å². The molecule has 0 aliphatic heterocycles. The van der Waals surface area contributed by atoms with Gasteiger partial charge in [0.05, 0.1) is 11.5 Å². The Morgan fingerprint density at radius 3 is 2.58 bits per heavy atom. The van der Waals surface area contributed by atoms with Crippen molar-refractivity contribution < 1.29 is 28.3 Å². The molecule has 1 heterocycles. The third-order valence-corrected chi connectivity index (χ3v) is 4.55. The Kier molecular flexibility index (Phi) is 4.88. The summed E-state index contributed by atoms with van der Waals surface area (Å²) in [5.74, 6) is -2.69. The number of fused-ring (bicyclic) bond motifs is 1. The summed E-state index contributed by atoms with van der Waals surface area (Å²) in [7, 11) is 0. The number of aliphatic carboxylic acids is 1. The van der Waals surface area contributed by atoms with Gasteiger partial charge in [0, 0.05) is 24.9 Å². The highest BCUT2D eigenvalue weighted by Gasteiger charge is 2.29. The second kappa shape index (κ2) is 7.11. The first-order chi connectivity index (χ1) is 12.4. The van der Waals surface area contributed by atoms with Crippen LogP contribution in [0, 0.1) is 12.7 Å². The minimum atomic E-state index is -1.14. The molecular weight excluding hydrogens is 341 g/mol. The average molecular weight is 359 g/mol. The minimum absolute atomic E-state index is 0.0356. The van der Waals surface area contributed by atoms with Gasteiger partial charge in [-0.1, -0.05) is 12.1 Å². The van der Waals surface area contributed by atoms with Gasteiger partial charge in [-0.3, -0.25) is 14.4 Å². The first-order valence-corrected chi connectivity index (χ1v) is 8.30. The summed E-state index contributed by atoms with van der Waals surface area (Å²) in [5, 5.41) is 11.9. The van der Waals surface area contributed by atoms with Crippen LogP contribution in [0.2, 0.25) is 0 Å². The van der Waals surface area contributed by atoms with Crippen LogP contribution in [0.4, 0.5) is 4.39 Å². The number of carbonyl (C=O) groups is 3. The van der Waals surface area contributed by atoms with Gasteiger partial charge in [-0.2, -0.15) is 0 Å². The molecule has 2 N–H and O–H groups in total. The molecule has 1 aromatic carbocycles. The van der Waals surface area contributed by atoms with E-state index in [2.05, 4.69) is 5.32 Å². The molecule has 1 aliphatic rings. The summed E-state index contributed by atoms with van der Waals surface area (Å²) < 4.78 is 18.6. The highest BCUT2D eigenvalue weighted by atomic mass is 19.1. The molecule has 0 spiro atoms. The molecule has 1 aliphatic carbocycles. The smallest absolute Gasteiger partial charge is 0.312 e. The molecule has 0 bridgehead atoms. The largest absolute Gasteiger partial charge is 0.481 e. The third-order valence-electron chi connectivity index (χ3n) is 4.55. The van der Waals surface area contributed by atoms with Crippen LogP contribution >= 0.6 is 0 Å². The van der Waals surface area contributed by atoms with Crippen LogP contribution < -0.4 is 5.32 Å². The number of hydrogen-bond donors (Lipinski definition) is 2. The fraction of sp³-hybridized carbons (Fsp3) is 0.316. The zero-order valence-electron chi connectivity index (χ0n) is 14.2. The normalized spacial score (nSPS) is 14.6. The molecule has 0 saturated carbocycles. The summed E-state index contributed by atoms with van der Waals surface area (Å²) >= 11 is 0. The second-order valence-corrected chi connectivity index (χ2v) is 6.28. The predicted octanol–water partition coefficient (Wildman–Crippen LogP) is 2.84. The first kappa shape index (κ1) is 17.8. The van der Waals surface area contributed by atoms with Crippen molar-refractivity contribution in [3.8, 4) is 0 Å². The van der Waals surface area contributed by atoms with Gasteiger partial charge in [0.25, 0.3) is 5.91 Å². The maximum absolute atomic E-state index is 13.0. The minimum Gasteiger partial charge on any atom is -0.481 e. The molecule has 0 fully saturated rings. The van der Waals surface area contributed by atoms with E-state index < -0.39 is 23.6 Å². The maximum atomic E-state index is 13.0. The molecular formula is C19H18FNO5. The van der Waals surface area contributed by atoms with Crippen molar-refractivity contribution in [3.05, 3.63) is 58.3 Å². The van der Waals surface area contributed by atoms with Crippen LogP contribution in [0.1, 0.15) is 56.6 Å². The van der Waals surface area contributed by atoms with Crippen molar-refractivity contribution in [2.24, 2.45) is 0 Å². The van der Waals surface area contributed by atoms with E-state index in [-0.39, 0.29) is 18.1 Å². The number of halogens is 1. The van der Waals surface area contributed by atoms with Crippen LogP contribution in [-0.4, -0.2) is 29.3 Å². The number of aryl methyl sites for hydroxylation is 1. The highest BCUT2D eigenvalue weighted by Crippen LogP contribution is 2.29. The van der Waals surface area contributed by atoms with Crippen molar-refractivity contribution in [2.45, 2.75) is 32.1 Å². The number of rotatable bonds is 5. The summed E-state index contributed by atoms with van der Waals surface area (Å²) in [5.41, 5.74) is 1.33. The Labute approximate surface area is 149 Å². The van der Waals surface area contributed by atoms with E-state index in [1.165, 1.54) is 24.3 Å². The number of ketones is 1. The van der Waals surface area contributed by atoms with Crippen LogP contribution in [-0.2, 0) is 11.2 Å². The Morgan fingerprint density at radius 2 is 1.96 bits per heavy atom. The molecule has 7 heteroatoms. The van der Waals surface area contributed by atoms with Crippen LogP contribution in [0.15, 0.2) is 28.7 Å². The van der Waals surface area contributed by atoms with Gasteiger partial charge < -0.3 is 14.8 Å². The first-order valence-electron chi connectivity index (χ1n) is 8.30. The Bertz CT molecular complexity index is 869. The van der Waals surface area contributed by atoms with Crippen LogP contribution in [0.5, 0.6) is 0 Å². The molecule has 1 amide bonds. The van der Waals surface area contributed by atoms with Crippen molar-refractivity contribution in [1.82, 2.24) is 5.32 Å². The lowest BCUT2D eigenvalue weighted by atomic mass is 9.94. The van der Waals surface area contributed by atoms with Crippen molar-refractivity contribution in [2.75, 3.05) is 6.54 Å². The molecule has 0 radical (unpaired) electrons. The lowest BCUT2D eigenvalue weighted by Gasteiger charge is -2.13. The molecule has 136 valence electrons. The summed E-state index contributed by atoms with van der Waals surface area (Å²) in [4.78, 5) is 35.9. The van der Waals surface area contributed by atoms with Crippen LogP contribution in [0.3, 0.4) is 0 Å². The van der Waals surface area contributed by atoms with Gasteiger partial charge >= 0.3 is 5.97 Å². The second-order valence-electron chi connectivity index (χ2n) is 6.28. The number of Topliss-reactive ketones (excluding diaryl/α,β-unsaturated/α-hetero) is 1. The van der Waals surface area contributed by atoms with E-state index in [9.17, 15) is 23.9 Å². The van der Waals surface area contributed by atoms with E-state index in [4.69, 9.17) is 4.42 Å². The number of benzene rings is 1. The molecule has 3 rings (SSSR count). The van der Waals surface area contributed by atoms with Gasteiger partial charge in [0.1, 0.15) is 11.6 Å². The van der Waals surface area contributed by atoms with Gasteiger partial charge in [-0.05, 0) is 31.0 Å². The third kappa shape index (κ3) is 3.37. The molecule has 1 aromatic heterocycles. The Hall–Kier alpha value is -2.96. The predicted molar refractivity (Wildman–Crippen MR) is 89.8 cm³/mol. The SMILES string of the molecule is Cc1c(C(=O)NCC(C(=O)O)c2ccc(F)cc2)oc2c1C(=O)CCC2. The number of nitrogens with one attached hydrogen (secondary N) is 1. The van der Waals surface area contributed by atoms with Crippen LogP contribution in [0.25, 0.3) is 0 Å². The van der Waals surface area contributed by atoms with E-state index in [0.717, 1.165) is 0 Å². The highest BCUT2D eigenvalue weighted by molar-refractivity contribution is 6.03. The summed E-state index contributed by atoms with van der Waals surface area (Å²) in [6.45, 7) is 1.47. The van der Waals surface area contributed by atoms with Gasteiger partial charge in [-0.15, -0.1) is 0 Å². The quantitative estimate of drug-likeness (QED) is 0.856. The molecule has 1 atom stereocenters. The molecule has 6 nitrogen and oxygen atoms in total. The van der Waals surface area contributed by atoms with E-state index in [1.807, 2.05) is 0 Å². The maximum Gasteiger partial charge on any atom is 0.312 e.